The number of thiophene rings is 1. The minimum absolute atomic E-state index is 0.165. The van der Waals surface area contributed by atoms with Crippen LogP contribution in [0.25, 0.3) is 5.69 Å². The van der Waals surface area contributed by atoms with Gasteiger partial charge in [0, 0.05) is 13.1 Å². The highest BCUT2D eigenvalue weighted by Crippen LogP contribution is 2.31. The molecule has 1 fully saturated rings. The number of aromatic nitrogens is 3. The summed E-state index contributed by atoms with van der Waals surface area (Å²) < 4.78 is 2.05. The summed E-state index contributed by atoms with van der Waals surface area (Å²) in [6.45, 7) is 5.82. The van der Waals surface area contributed by atoms with Gasteiger partial charge in [-0.25, -0.2) is 0 Å². The van der Waals surface area contributed by atoms with Gasteiger partial charge in [0.1, 0.15) is 11.1 Å². The van der Waals surface area contributed by atoms with Crippen LogP contribution in [-0.4, -0.2) is 39.0 Å². The van der Waals surface area contributed by atoms with Crippen molar-refractivity contribution < 1.29 is 4.79 Å². The molecule has 0 radical (unpaired) electrons. The summed E-state index contributed by atoms with van der Waals surface area (Å²) in [5, 5.41) is 23.6. The first-order chi connectivity index (χ1) is 15.1. The third-order valence-electron chi connectivity index (χ3n) is 5.22. The number of thioether (sulfide) groups is 1. The van der Waals surface area contributed by atoms with E-state index in [9.17, 15) is 10.1 Å². The van der Waals surface area contributed by atoms with Crippen molar-refractivity contribution in [2.45, 2.75) is 43.5 Å². The Hall–Kier alpha value is -2.83. The third-order valence-corrected chi connectivity index (χ3v) is 7.09. The standard InChI is InChI=1S/C22H24N6OS2/c1-15-6-8-18(9-7-15)28-21(27-11-4-3-5-12-27)25-26-22(28)31-16(2)19(29)24-20-17(14-23)10-13-30-20/h6-10,13,16H,3-5,11-12H2,1-2H3,(H,24,29). The minimum atomic E-state index is -0.406. The van der Waals surface area contributed by atoms with E-state index in [1.165, 1.54) is 35.1 Å². The summed E-state index contributed by atoms with van der Waals surface area (Å²) in [5.41, 5.74) is 2.64. The zero-order valence-electron chi connectivity index (χ0n) is 17.5. The molecule has 3 heterocycles. The summed E-state index contributed by atoms with van der Waals surface area (Å²) in [6.07, 6.45) is 3.52. The number of carbonyl (C=O) groups excluding carboxylic acids is 1. The van der Waals surface area contributed by atoms with Crippen LogP contribution in [-0.2, 0) is 4.79 Å². The van der Waals surface area contributed by atoms with E-state index in [0.29, 0.717) is 15.7 Å². The van der Waals surface area contributed by atoms with E-state index in [1.807, 2.05) is 11.5 Å². The summed E-state index contributed by atoms with van der Waals surface area (Å²) in [5.74, 6) is 0.658. The number of benzene rings is 1. The number of nitriles is 1. The number of hydrogen-bond acceptors (Lipinski definition) is 7. The Morgan fingerprint density at radius 3 is 2.65 bits per heavy atom. The van der Waals surface area contributed by atoms with Gasteiger partial charge in [0.25, 0.3) is 0 Å². The summed E-state index contributed by atoms with van der Waals surface area (Å²) in [6, 6.07) is 12.1. The topological polar surface area (TPSA) is 86.8 Å². The predicted octanol–water partition coefficient (Wildman–Crippen LogP) is 4.62. The molecule has 0 spiro atoms. The predicted molar refractivity (Wildman–Crippen MR) is 125 cm³/mol. The lowest BCUT2D eigenvalue weighted by Crippen LogP contribution is -2.31. The number of aryl methyl sites for hydroxylation is 1. The molecule has 160 valence electrons. The van der Waals surface area contributed by atoms with Crippen LogP contribution in [0.3, 0.4) is 0 Å². The molecule has 1 aromatic carbocycles. The number of nitrogens with one attached hydrogen (secondary N) is 1. The van der Waals surface area contributed by atoms with Crippen LogP contribution in [0.4, 0.5) is 10.9 Å². The number of piperidine rings is 1. The second-order valence-corrected chi connectivity index (χ2v) is 9.75. The molecule has 2 aromatic heterocycles. The average Bonchev–Trinajstić information content (AvgIpc) is 3.41. The van der Waals surface area contributed by atoms with Gasteiger partial charge in [-0.3, -0.25) is 9.36 Å². The first-order valence-electron chi connectivity index (χ1n) is 10.3. The lowest BCUT2D eigenvalue weighted by molar-refractivity contribution is -0.115. The van der Waals surface area contributed by atoms with Crippen LogP contribution < -0.4 is 10.2 Å². The zero-order valence-corrected chi connectivity index (χ0v) is 19.2. The maximum absolute atomic E-state index is 12.8. The molecule has 1 aliphatic rings. The van der Waals surface area contributed by atoms with Gasteiger partial charge in [0.05, 0.1) is 16.5 Å². The minimum Gasteiger partial charge on any atom is -0.341 e. The van der Waals surface area contributed by atoms with E-state index >= 15 is 0 Å². The van der Waals surface area contributed by atoms with E-state index in [2.05, 4.69) is 57.7 Å². The molecule has 7 nitrogen and oxygen atoms in total. The fourth-order valence-electron chi connectivity index (χ4n) is 3.48. The second-order valence-electron chi connectivity index (χ2n) is 7.53. The van der Waals surface area contributed by atoms with Gasteiger partial charge in [-0.05, 0) is 56.7 Å². The van der Waals surface area contributed by atoms with Crippen molar-refractivity contribution in [3.8, 4) is 11.8 Å². The number of carbonyl (C=O) groups is 1. The number of rotatable bonds is 6. The van der Waals surface area contributed by atoms with Crippen molar-refractivity contribution in [2.24, 2.45) is 0 Å². The third kappa shape index (κ3) is 4.75. The van der Waals surface area contributed by atoms with Gasteiger partial charge >= 0.3 is 0 Å². The maximum Gasteiger partial charge on any atom is 0.238 e. The Bertz CT molecular complexity index is 1090. The van der Waals surface area contributed by atoms with Crippen LogP contribution in [0.5, 0.6) is 0 Å². The number of hydrogen-bond donors (Lipinski definition) is 1. The molecule has 3 aromatic rings. The first kappa shape index (κ1) is 21.4. The lowest BCUT2D eigenvalue weighted by Gasteiger charge is -2.28. The van der Waals surface area contributed by atoms with Crippen LogP contribution in [0.2, 0.25) is 0 Å². The summed E-state index contributed by atoms with van der Waals surface area (Å²) in [7, 11) is 0. The molecule has 4 rings (SSSR count). The Balaban J connectivity index is 1.60. The van der Waals surface area contributed by atoms with Gasteiger partial charge in [0.15, 0.2) is 5.16 Å². The SMILES string of the molecule is Cc1ccc(-n2c(SC(C)C(=O)Nc3sccc3C#N)nnc2N2CCCCC2)cc1. The summed E-state index contributed by atoms with van der Waals surface area (Å²) >= 11 is 2.72. The summed E-state index contributed by atoms with van der Waals surface area (Å²) in [4.78, 5) is 15.1. The van der Waals surface area contributed by atoms with Gasteiger partial charge in [0.2, 0.25) is 11.9 Å². The molecule has 0 bridgehead atoms. The average molecular weight is 453 g/mol. The van der Waals surface area contributed by atoms with Crippen molar-refractivity contribution in [1.29, 1.82) is 5.26 Å². The maximum atomic E-state index is 12.8. The highest BCUT2D eigenvalue weighted by molar-refractivity contribution is 8.00. The highest BCUT2D eigenvalue weighted by Gasteiger charge is 2.25. The lowest BCUT2D eigenvalue weighted by atomic mass is 10.1. The molecule has 31 heavy (non-hydrogen) atoms. The second kappa shape index (κ2) is 9.54. The van der Waals surface area contributed by atoms with E-state index in [-0.39, 0.29) is 5.91 Å². The van der Waals surface area contributed by atoms with Gasteiger partial charge < -0.3 is 10.2 Å². The van der Waals surface area contributed by atoms with Crippen LogP contribution in [0, 0.1) is 18.3 Å². The van der Waals surface area contributed by atoms with Crippen molar-refractivity contribution in [3.05, 3.63) is 46.8 Å². The van der Waals surface area contributed by atoms with Crippen LogP contribution in [0.15, 0.2) is 40.9 Å². The van der Waals surface area contributed by atoms with Crippen molar-refractivity contribution in [3.63, 3.8) is 0 Å². The van der Waals surface area contributed by atoms with Crippen molar-refractivity contribution >= 4 is 40.0 Å². The normalized spacial score (nSPS) is 14.8. The Labute approximate surface area is 190 Å². The van der Waals surface area contributed by atoms with Crippen LogP contribution >= 0.6 is 23.1 Å². The number of amides is 1. The Morgan fingerprint density at radius 1 is 1.19 bits per heavy atom. The molecule has 1 amide bonds. The van der Waals surface area contributed by atoms with E-state index in [1.54, 1.807) is 11.4 Å². The Kier molecular flexibility index (Phi) is 6.59. The number of anilines is 2. The largest absolute Gasteiger partial charge is 0.341 e. The zero-order chi connectivity index (χ0) is 21.8. The van der Waals surface area contributed by atoms with Crippen molar-refractivity contribution in [1.82, 2.24) is 14.8 Å². The molecule has 0 saturated carbocycles. The highest BCUT2D eigenvalue weighted by atomic mass is 32.2. The van der Waals surface area contributed by atoms with E-state index < -0.39 is 5.25 Å². The molecular formula is C22H24N6OS2. The van der Waals surface area contributed by atoms with E-state index in [4.69, 9.17) is 0 Å². The van der Waals surface area contributed by atoms with Gasteiger partial charge in [-0.1, -0.05) is 29.5 Å². The first-order valence-corrected chi connectivity index (χ1v) is 12.1. The fourth-order valence-corrected chi connectivity index (χ4v) is 5.08. The van der Waals surface area contributed by atoms with Gasteiger partial charge in [-0.15, -0.1) is 21.5 Å². The molecule has 9 heteroatoms. The molecular weight excluding hydrogens is 428 g/mol. The fraction of sp³-hybridized carbons (Fsp3) is 0.364. The van der Waals surface area contributed by atoms with E-state index in [0.717, 1.165) is 37.6 Å². The van der Waals surface area contributed by atoms with Gasteiger partial charge in [-0.2, -0.15) is 5.26 Å². The monoisotopic (exact) mass is 452 g/mol. The Morgan fingerprint density at radius 2 is 1.94 bits per heavy atom. The van der Waals surface area contributed by atoms with Crippen molar-refractivity contribution in [2.75, 3.05) is 23.3 Å². The molecule has 1 saturated heterocycles. The van der Waals surface area contributed by atoms with Crippen LogP contribution in [0.1, 0.15) is 37.3 Å². The molecule has 1 atom stereocenters. The molecule has 0 aliphatic carbocycles. The number of nitrogens with zero attached hydrogens (tertiary/aromatic N) is 5. The smallest absolute Gasteiger partial charge is 0.238 e. The molecule has 1 N–H and O–H groups in total. The molecule has 1 unspecified atom stereocenters. The quantitative estimate of drug-likeness (QED) is 0.549. The molecule has 1 aliphatic heterocycles.